The standard InChI is InChI=1S/C19H22N4O2S2/c1-2-17(24)23-11-9-22(10-12-23)15-7-5-14(6-8-15)20-19(26)21-18(25)16-4-3-13-27-16/h3-8,13H,2,9-12H2,1H3,(H2,20,21,25,26). The van der Waals surface area contributed by atoms with Crippen molar-refractivity contribution < 1.29 is 9.59 Å². The molecule has 2 heterocycles. The molecular weight excluding hydrogens is 380 g/mol. The van der Waals surface area contributed by atoms with Crippen molar-refractivity contribution in [1.29, 1.82) is 0 Å². The van der Waals surface area contributed by atoms with Gasteiger partial charge >= 0.3 is 0 Å². The van der Waals surface area contributed by atoms with Crippen LogP contribution in [0.1, 0.15) is 23.0 Å². The molecule has 1 aromatic heterocycles. The van der Waals surface area contributed by atoms with Crippen molar-refractivity contribution in [2.75, 3.05) is 36.4 Å². The maximum absolute atomic E-state index is 12.0. The van der Waals surface area contributed by atoms with E-state index in [4.69, 9.17) is 12.2 Å². The summed E-state index contributed by atoms with van der Waals surface area (Å²) in [5, 5.41) is 7.82. The Morgan fingerprint density at radius 3 is 2.41 bits per heavy atom. The van der Waals surface area contributed by atoms with Crippen LogP contribution in [0.2, 0.25) is 0 Å². The Morgan fingerprint density at radius 1 is 1.11 bits per heavy atom. The molecule has 2 aromatic rings. The van der Waals surface area contributed by atoms with Gasteiger partial charge in [0.15, 0.2) is 5.11 Å². The molecule has 1 aromatic carbocycles. The summed E-state index contributed by atoms with van der Waals surface area (Å²) in [5.41, 5.74) is 1.92. The largest absolute Gasteiger partial charge is 0.368 e. The average molecular weight is 403 g/mol. The van der Waals surface area contributed by atoms with Gasteiger partial charge in [-0.3, -0.25) is 14.9 Å². The summed E-state index contributed by atoms with van der Waals surface area (Å²) >= 11 is 6.58. The van der Waals surface area contributed by atoms with Crippen molar-refractivity contribution in [2.24, 2.45) is 0 Å². The Kier molecular flexibility index (Phi) is 6.41. The molecule has 1 fully saturated rings. The molecule has 0 aliphatic carbocycles. The van der Waals surface area contributed by atoms with Gasteiger partial charge in [-0.05, 0) is 47.9 Å². The second-order valence-corrected chi connectivity index (χ2v) is 7.51. The van der Waals surface area contributed by atoms with E-state index in [0.717, 1.165) is 37.6 Å². The van der Waals surface area contributed by atoms with Crippen molar-refractivity contribution in [3.05, 3.63) is 46.7 Å². The van der Waals surface area contributed by atoms with Crippen LogP contribution in [-0.4, -0.2) is 48.0 Å². The molecule has 8 heteroatoms. The summed E-state index contributed by atoms with van der Waals surface area (Å²) in [5.74, 6) is 0.00548. The number of amides is 2. The van der Waals surface area contributed by atoms with Crippen molar-refractivity contribution in [3.63, 3.8) is 0 Å². The Balaban J connectivity index is 1.51. The van der Waals surface area contributed by atoms with Gasteiger partial charge in [-0.15, -0.1) is 11.3 Å². The lowest BCUT2D eigenvalue weighted by Crippen LogP contribution is -2.48. The number of anilines is 2. The number of piperazine rings is 1. The maximum Gasteiger partial charge on any atom is 0.267 e. The van der Waals surface area contributed by atoms with E-state index in [1.807, 2.05) is 47.5 Å². The Bertz CT molecular complexity index is 798. The molecule has 27 heavy (non-hydrogen) atoms. The molecule has 0 unspecified atom stereocenters. The monoisotopic (exact) mass is 402 g/mol. The smallest absolute Gasteiger partial charge is 0.267 e. The van der Waals surface area contributed by atoms with Gasteiger partial charge in [-0.25, -0.2) is 0 Å². The Labute approximate surface area is 168 Å². The van der Waals surface area contributed by atoms with E-state index in [1.54, 1.807) is 6.07 Å². The number of benzene rings is 1. The number of nitrogens with one attached hydrogen (secondary N) is 2. The Morgan fingerprint density at radius 2 is 1.81 bits per heavy atom. The summed E-state index contributed by atoms with van der Waals surface area (Å²) in [6.07, 6.45) is 0.559. The van der Waals surface area contributed by atoms with Gasteiger partial charge in [-0.2, -0.15) is 0 Å². The summed E-state index contributed by atoms with van der Waals surface area (Å²) in [7, 11) is 0. The topological polar surface area (TPSA) is 64.7 Å². The van der Waals surface area contributed by atoms with Gasteiger partial charge in [0, 0.05) is 44.0 Å². The molecule has 1 saturated heterocycles. The van der Waals surface area contributed by atoms with Crippen molar-refractivity contribution in [3.8, 4) is 0 Å². The molecule has 142 valence electrons. The first-order chi connectivity index (χ1) is 13.1. The lowest BCUT2D eigenvalue weighted by Gasteiger charge is -2.36. The SMILES string of the molecule is CCC(=O)N1CCN(c2ccc(NC(=S)NC(=O)c3cccs3)cc2)CC1. The van der Waals surface area contributed by atoms with Crippen molar-refractivity contribution in [2.45, 2.75) is 13.3 Å². The predicted molar refractivity (Wildman–Crippen MR) is 114 cm³/mol. The zero-order valence-electron chi connectivity index (χ0n) is 15.1. The molecule has 2 amide bonds. The van der Waals surface area contributed by atoms with E-state index in [2.05, 4.69) is 15.5 Å². The van der Waals surface area contributed by atoms with Crippen LogP contribution in [0.5, 0.6) is 0 Å². The molecule has 3 rings (SSSR count). The number of hydrogen-bond donors (Lipinski definition) is 2. The second kappa shape index (κ2) is 8.96. The van der Waals surface area contributed by atoms with Crippen LogP contribution in [0.15, 0.2) is 41.8 Å². The molecule has 1 aliphatic heterocycles. The van der Waals surface area contributed by atoms with Gasteiger partial charge in [-0.1, -0.05) is 13.0 Å². The number of thiocarbonyl (C=S) groups is 1. The lowest BCUT2D eigenvalue weighted by molar-refractivity contribution is -0.131. The van der Waals surface area contributed by atoms with Gasteiger partial charge in [0.2, 0.25) is 5.91 Å². The van der Waals surface area contributed by atoms with Gasteiger partial charge in [0.05, 0.1) is 4.88 Å². The van der Waals surface area contributed by atoms with Gasteiger partial charge in [0.25, 0.3) is 5.91 Å². The maximum atomic E-state index is 12.0. The van der Waals surface area contributed by atoms with E-state index in [-0.39, 0.29) is 16.9 Å². The molecule has 2 N–H and O–H groups in total. The number of thiophene rings is 1. The van der Waals surface area contributed by atoms with Crippen LogP contribution >= 0.6 is 23.6 Å². The van der Waals surface area contributed by atoms with E-state index in [1.165, 1.54) is 11.3 Å². The lowest BCUT2D eigenvalue weighted by atomic mass is 10.2. The van der Waals surface area contributed by atoms with Crippen LogP contribution < -0.4 is 15.5 Å². The minimum absolute atomic E-state index is 0.210. The first kappa shape index (κ1) is 19.3. The number of hydrogen-bond acceptors (Lipinski definition) is 5. The van der Waals surface area contributed by atoms with E-state index < -0.39 is 0 Å². The molecule has 0 radical (unpaired) electrons. The highest BCUT2D eigenvalue weighted by Crippen LogP contribution is 2.20. The number of carbonyl (C=O) groups excluding carboxylic acids is 2. The number of carbonyl (C=O) groups is 2. The number of rotatable bonds is 4. The average Bonchev–Trinajstić information content (AvgIpc) is 3.23. The predicted octanol–water partition coefficient (Wildman–Crippen LogP) is 2.93. The van der Waals surface area contributed by atoms with E-state index in [9.17, 15) is 9.59 Å². The second-order valence-electron chi connectivity index (χ2n) is 6.15. The van der Waals surface area contributed by atoms with Crippen LogP contribution in [-0.2, 0) is 4.79 Å². The molecule has 0 saturated carbocycles. The van der Waals surface area contributed by atoms with Crippen LogP contribution in [0.4, 0.5) is 11.4 Å². The summed E-state index contributed by atoms with van der Waals surface area (Å²) < 4.78 is 0. The highest BCUT2D eigenvalue weighted by Gasteiger charge is 2.20. The molecule has 6 nitrogen and oxygen atoms in total. The third-order valence-corrected chi connectivity index (χ3v) is 5.47. The summed E-state index contributed by atoms with van der Waals surface area (Å²) in [6.45, 7) is 5.06. The van der Waals surface area contributed by atoms with Crippen molar-refractivity contribution in [1.82, 2.24) is 10.2 Å². The van der Waals surface area contributed by atoms with Crippen LogP contribution in [0, 0.1) is 0 Å². The molecular formula is C19H22N4O2S2. The zero-order valence-corrected chi connectivity index (χ0v) is 16.7. The summed E-state index contributed by atoms with van der Waals surface area (Å²) in [4.78, 5) is 28.6. The number of nitrogens with zero attached hydrogens (tertiary/aromatic N) is 2. The fourth-order valence-corrected chi connectivity index (χ4v) is 3.76. The van der Waals surface area contributed by atoms with Gasteiger partial charge < -0.3 is 15.1 Å². The molecule has 0 bridgehead atoms. The Hall–Kier alpha value is -2.45. The highest BCUT2D eigenvalue weighted by molar-refractivity contribution is 7.80. The van der Waals surface area contributed by atoms with E-state index >= 15 is 0 Å². The van der Waals surface area contributed by atoms with Crippen LogP contribution in [0.3, 0.4) is 0 Å². The fourth-order valence-electron chi connectivity index (χ4n) is 2.93. The van der Waals surface area contributed by atoms with Crippen LogP contribution in [0.25, 0.3) is 0 Å². The van der Waals surface area contributed by atoms with Gasteiger partial charge in [0.1, 0.15) is 0 Å². The fraction of sp³-hybridized carbons (Fsp3) is 0.316. The highest BCUT2D eigenvalue weighted by atomic mass is 32.1. The molecule has 0 spiro atoms. The molecule has 1 aliphatic rings. The minimum atomic E-state index is -0.210. The molecule has 0 atom stereocenters. The van der Waals surface area contributed by atoms with Crippen molar-refractivity contribution >= 4 is 51.9 Å². The quantitative estimate of drug-likeness (QED) is 0.770. The first-order valence-corrected chi connectivity index (χ1v) is 10.1. The summed E-state index contributed by atoms with van der Waals surface area (Å²) in [6, 6.07) is 11.5. The van der Waals surface area contributed by atoms with E-state index in [0.29, 0.717) is 11.3 Å². The normalized spacial score (nSPS) is 14.0. The zero-order chi connectivity index (χ0) is 19.2. The minimum Gasteiger partial charge on any atom is -0.368 e. The third-order valence-electron chi connectivity index (χ3n) is 4.40. The third kappa shape index (κ3) is 5.05. The first-order valence-electron chi connectivity index (χ1n) is 8.85.